The van der Waals surface area contributed by atoms with Gasteiger partial charge in [-0.3, -0.25) is 9.78 Å². The molecule has 1 aliphatic heterocycles. The van der Waals surface area contributed by atoms with Gasteiger partial charge in [0.05, 0.1) is 32.2 Å². The van der Waals surface area contributed by atoms with Crippen LogP contribution in [-0.4, -0.2) is 23.8 Å². The number of benzene rings is 1. The zero-order valence-corrected chi connectivity index (χ0v) is 18.0. The third kappa shape index (κ3) is 3.54. The van der Waals surface area contributed by atoms with Crippen molar-refractivity contribution in [2.45, 2.75) is 19.4 Å². The molecule has 8 nitrogen and oxygen atoms in total. The van der Waals surface area contributed by atoms with Crippen molar-refractivity contribution in [2.75, 3.05) is 14.2 Å². The van der Waals surface area contributed by atoms with Crippen LogP contribution in [-0.2, 0) is 6.54 Å². The summed E-state index contributed by atoms with van der Waals surface area (Å²) in [5, 5.41) is 9.88. The van der Waals surface area contributed by atoms with Gasteiger partial charge in [-0.1, -0.05) is 12.1 Å². The minimum atomic E-state index is -0.752. The second-order valence-electron chi connectivity index (χ2n) is 7.35. The van der Waals surface area contributed by atoms with E-state index in [1.165, 1.54) is 7.11 Å². The lowest BCUT2D eigenvalue weighted by molar-refractivity contribution is 0.378. The molecule has 0 aliphatic carbocycles. The van der Waals surface area contributed by atoms with Crippen molar-refractivity contribution in [1.82, 2.24) is 9.55 Å². The van der Waals surface area contributed by atoms with Crippen molar-refractivity contribution < 1.29 is 14.2 Å². The summed E-state index contributed by atoms with van der Waals surface area (Å²) < 4.78 is 18.2. The first-order valence-corrected chi connectivity index (χ1v) is 9.91. The Morgan fingerprint density at radius 2 is 2.06 bits per heavy atom. The summed E-state index contributed by atoms with van der Waals surface area (Å²) in [4.78, 5) is 17.9. The molecule has 162 valence electrons. The SMILES string of the molecule is COc1ccc([C@H]2C(C#N)=C(N)Oc3cc(C)n(Cc4cccnc4)c(=O)c32)c(OC)c1. The van der Waals surface area contributed by atoms with Crippen LogP contribution in [0.3, 0.4) is 0 Å². The fourth-order valence-electron chi connectivity index (χ4n) is 3.92. The van der Waals surface area contributed by atoms with Crippen molar-refractivity contribution in [3.05, 3.63) is 93.0 Å². The molecule has 1 aromatic carbocycles. The van der Waals surface area contributed by atoms with E-state index in [0.29, 0.717) is 40.6 Å². The number of hydrogen-bond donors (Lipinski definition) is 1. The van der Waals surface area contributed by atoms with Crippen molar-refractivity contribution in [3.8, 4) is 23.3 Å². The summed E-state index contributed by atoms with van der Waals surface area (Å²) in [5.74, 6) is 0.603. The summed E-state index contributed by atoms with van der Waals surface area (Å²) in [5.41, 5.74) is 8.49. The lowest BCUT2D eigenvalue weighted by Gasteiger charge is -2.28. The van der Waals surface area contributed by atoms with Crippen molar-refractivity contribution in [1.29, 1.82) is 5.26 Å². The summed E-state index contributed by atoms with van der Waals surface area (Å²) in [6, 6.07) is 12.8. The van der Waals surface area contributed by atoms with Gasteiger partial charge in [-0.15, -0.1) is 0 Å². The monoisotopic (exact) mass is 430 g/mol. The lowest BCUT2D eigenvalue weighted by Crippen LogP contribution is -2.33. The van der Waals surface area contributed by atoms with Crippen LogP contribution in [0.5, 0.6) is 17.2 Å². The van der Waals surface area contributed by atoms with E-state index in [9.17, 15) is 10.1 Å². The molecular weight excluding hydrogens is 408 g/mol. The predicted molar refractivity (Wildman–Crippen MR) is 118 cm³/mol. The highest BCUT2D eigenvalue weighted by Gasteiger charge is 2.36. The Balaban J connectivity index is 1.96. The molecule has 0 radical (unpaired) electrons. The maximum absolute atomic E-state index is 13.7. The van der Waals surface area contributed by atoms with Gasteiger partial charge in [-0.25, -0.2) is 0 Å². The average molecular weight is 430 g/mol. The number of pyridine rings is 2. The quantitative estimate of drug-likeness (QED) is 0.662. The Morgan fingerprint density at radius 3 is 2.72 bits per heavy atom. The average Bonchev–Trinajstić information content (AvgIpc) is 2.81. The normalized spacial score (nSPS) is 14.9. The third-order valence-corrected chi connectivity index (χ3v) is 5.51. The van der Waals surface area contributed by atoms with Crippen molar-refractivity contribution in [3.63, 3.8) is 0 Å². The summed E-state index contributed by atoms with van der Waals surface area (Å²) in [6.45, 7) is 2.16. The van der Waals surface area contributed by atoms with Crippen LogP contribution >= 0.6 is 0 Å². The highest BCUT2D eigenvalue weighted by molar-refractivity contribution is 5.59. The number of methoxy groups -OCH3 is 2. The predicted octanol–water partition coefficient (Wildman–Crippen LogP) is 2.84. The first-order chi connectivity index (χ1) is 15.5. The topological polar surface area (TPSA) is 112 Å². The Kier molecular flexibility index (Phi) is 5.56. The van der Waals surface area contributed by atoms with E-state index in [1.54, 1.807) is 48.3 Å². The first-order valence-electron chi connectivity index (χ1n) is 9.91. The molecule has 4 rings (SSSR count). The molecular formula is C24H22N4O4. The number of ether oxygens (including phenoxy) is 3. The lowest BCUT2D eigenvalue weighted by atomic mass is 9.83. The summed E-state index contributed by atoms with van der Waals surface area (Å²) >= 11 is 0. The number of nitriles is 1. The molecule has 0 unspecified atom stereocenters. The fourth-order valence-corrected chi connectivity index (χ4v) is 3.92. The molecule has 8 heteroatoms. The molecule has 0 saturated carbocycles. The van der Waals surface area contributed by atoms with Gasteiger partial charge >= 0.3 is 0 Å². The number of rotatable bonds is 5. The molecule has 1 aliphatic rings. The van der Waals surface area contributed by atoms with Crippen LogP contribution in [0, 0.1) is 18.3 Å². The van der Waals surface area contributed by atoms with Crippen LogP contribution < -0.4 is 25.5 Å². The number of nitrogens with zero attached hydrogens (tertiary/aromatic N) is 3. The van der Waals surface area contributed by atoms with Gasteiger partial charge in [-0.2, -0.15) is 5.26 Å². The highest BCUT2D eigenvalue weighted by Crippen LogP contribution is 2.44. The summed E-state index contributed by atoms with van der Waals surface area (Å²) in [7, 11) is 3.07. The minimum absolute atomic E-state index is 0.0355. The second-order valence-corrected chi connectivity index (χ2v) is 7.35. The zero-order valence-electron chi connectivity index (χ0n) is 18.0. The number of nitrogens with two attached hydrogens (primary N) is 1. The minimum Gasteiger partial charge on any atom is -0.497 e. The van der Waals surface area contributed by atoms with Crippen LogP contribution in [0.1, 0.15) is 28.3 Å². The van der Waals surface area contributed by atoms with E-state index in [2.05, 4.69) is 11.1 Å². The van der Waals surface area contributed by atoms with Gasteiger partial charge in [0.15, 0.2) is 0 Å². The number of aromatic nitrogens is 2. The van der Waals surface area contributed by atoms with E-state index in [0.717, 1.165) is 5.56 Å². The maximum atomic E-state index is 13.7. The largest absolute Gasteiger partial charge is 0.497 e. The second kappa shape index (κ2) is 8.47. The van der Waals surface area contributed by atoms with E-state index < -0.39 is 5.92 Å². The first kappa shape index (κ1) is 21.0. The van der Waals surface area contributed by atoms with Gasteiger partial charge in [-0.05, 0) is 24.6 Å². The smallest absolute Gasteiger partial charge is 0.259 e. The third-order valence-electron chi connectivity index (χ3n) is 5.51. The molecule has 0 bridgehead atoms. The Hall–Kier alpha value is -4.25. The molecule has 3 aromatic rings. The number of hydrogen-bond acceptors (Lipinski definition) is 7. The highest BCUT2D eigenvalue weighted by atomic mass is 16.5. The Morgan fingerprint density at radius 1 is 1.25 bits per heavy atom. The molecule has 2 aromatic heterocycles. The van der Waals surface area contributed by atoms with Gasteiger partial charge in [0.25, 0.3) is 5.56 Å². The van der Waals surface area contributed by atoms with Gasteiger partial charge < -0.3 is 24.5 Å². The van der Waals surface area contributed by atoms with Gasteiger partial charge in [0.2, 0.25) is 5.88 Å². The number of fused-ring (bicyclic) bond motifs is 1. The molecule has 0 fully saturated rings. The Labute approximate surface area is 185 Å². The van der Waals surface area contributed by atoms with Crippen LogP contribution in [0.4, 0.5) is 0 Å². The Bertz CT molecular complexity index is 1310. The van der Waals surface area contributed by atoms with Gasteiger partial charge in [0.1, 0.15) is 28.9 Å². The van der Waals surface area contributed by atoms with Gasteiger partial charge in [0, 0.05) is 35.8 Å². The molecule has 2 N–H and O–H groups in total. The molecule has 0 saturated heterocycles. The van der Waals surface area contributed by atoms with Crippen LogP contribution in [0.25, 0.3) is 0 Å². The van der Waals surface area contributed by atoms with Crippen LogP contribution in [0.15, 0.2) is 65.0 Å². The van der Waals surface area contributed by atoms with Crippen molar-refractivity contribution in [2.24, 2.45) is 5.73 Å². The van der Waals surface area contributed by atoms with E-state index in [4.69, 9.17) is 19.9 Å². The molecule has 0 spiro atoms. The van der Waals surface area contributed by atoms with E-state index in [-0.39, 0.29) is 17.0 Å². The number of aryl methyl sites for hydroxylation is 1. The molecule has 3 heterocycles. The number of allylic oxidation sites excluding steroid dienone is 1. The zero-order chi connectivity index (χ0) is 22.8. The van der Waals surface area contributed by atoms with E-state index in [1.807, 2.05) is 19.1 Å². The molecule has 0 amide bonds. The van der Waals surface area contributed by atoms with Crippen LogP contribution in [0.2, 0.25) is 0 Å². The van der Waals surface area contributed by atoms with E-state index >= 15 is 0 Å². The molecule has 1 atom stereocenters. The fraction of sp³-hybridized carbons (Fsp3) is 0.208. The van der Waals surface area contributed by atoms with Crippen molar-refractivity contribution >= 4 is 0 Å². The maximum Gasteiger partial charge on any atom is 0.259 e. The summed E-state index contributed by atoms with van der Waals surface area (Å²) in [6.07, 6.45) is 3.39. The standard InChI is InChI=1S/C24H22N4O4/c1-14-9-20-22(24(29)28(14)13-15-5-4-8-27-12-15)21(18(11-25)23(26)32-20)17-7-6-16(30-2)10-19(17)31-3/h4-10,12,21H,13,26H2,1-3H3/t21-/m0/s1. The molecule has 32 heavy (non-hydrogen) atoms.